The fourth-order valence-electron chi connectivity index (χ4n) is 7.91. The third-order valence-corrected chi connectivity index (χ3v) is 11.0. The van der Waals surface area contributed by atoms with Crippen LogP contribution < -0.4 is 25.0 Å². The smallest absolute Gasteiger partial charge is 0.422 e. The molecule has 0 saturated carbocycles. The molecular formula is C46H50F6N8O5. The van der Waals surface area contributed by atoms with E-state index in [1.165, 1.54) is 57.0 Å². The lowest BCUT2D eigenvalue weighted by Crippen LogP contribution is -2.60. The van der Waals surface area contributed by atoms with Gasteiger partial charge in [-0.25, -0.2) is 4.68 Å². The van der Waals surface area contributed by atoms with Gasteiger partial charge in [-0.1, -0.05) is 65.9 Å². The number of nitrogens with zero attached hydrogens (tertiary/aromatic N) is 7. The Labute approximate surface area is 372 Å². The first kappa shape index (κ1) is 47.7. The number of anilines is 2. The van der Waals surface area contributed by atoms with Gasteiger partial charge in [0.1, 0.15) is 17.5 Å². The number of carbonyl (C=O) groups excluding carboxylic acids is 3. The van der Waals surface area contributed by atoms with Crippen LogP contribution in [-0.4, -0.2) is 120 Å². The van der Waals surface area contributed by atoms with Crippen LogP contribution in [0.5, 0.6) is 11.5 Å². The number of amides is 3. The number of hydrogen-bond acceptors (Lipinski definition) is 9. The molecule has 5 aromatic rings. The van der Waals surface area contributed by atoms with Gasteiger partial charge in [-0.2, -0.15) is 26.3 Å². The molecule has 2 aliphatic heterocycles. The molecule has 1 aromatic heterocycles. The Morgan fingerprint density at radius 2 is 1.26 bits per heavy atom. The number of para-hydroxylation sites is 3. The summed E-state index contributed by atoms with van der Waals surface area (Å²) in [5, 5.41) is 7.51. The van der Waals surface area contributed by atoms with Crippen molar-refractivity contribution in [2.45, 2.75) is 52.0 Å². The van der Waals surface area contributed by atoms with Gasteiger partial charge in [-0.15, -0.1) is 5.10 Å². The van der Waals surface area contributed by atoms with Crippen LogP contribution in [0, 0.1) is 20.8 Å². The van der Waals surface area contributed by atoms with Crippen LogP contribution >= 0.6 is 0 Å². The SMILES string of the molecule is Cc1cccc(C)c1N1CCN(C(=O)Cc2ccccc2OCC(F)(F)F)CC1.Cc1ccccc1N1CCN(C(=O)Cc2ccc(-n3ccnn3)cc2OCC(F)(F)F)C(C(N)=O)C1. The van der Waals surface area contributed by atoms with Crippen molar-refractivity contribution in [3.05, 3.63) is 125 Å². The molecule has 3 heterocycles. The average Bonchev–Trinajstić information content (AvgIpc) is 3.81. The summed E-state index contributed by atoms with van der Waals surface area (Å²) in [6.07, 6.45) is -6.27. The predicted octanol–water partition coefficient (Wildman–Crippen LogP) is 6.40. The van der Waals surface area contributed by atoms with Crippen molar-refractivity contribution in [3.63, 3.8) is 0 Å². The fraction of sp³-hybridized carbons (Fsp3) is 0.370. The zero-order chi connectivity index (χ0) is 46.9. The van der Waals surface area contributed by atoms with E-state index >= 15 is 0 Å². The van der Waals surface area contributed by atoms with E-state index in [4.69, 9.17) is 15.2 Å². The number of ether oxygens (including phenoxy) is 2. The van der Waals surface area contributed by atoms with Crippen molar-refractivity contribution >= 4 is 29.1 Å². The molecule has 0 bridgehead atoms. The molecule has 1 atom stereocenters. The van der Waals surface area contributed by atoms with E-state index in [1.54, 1.807) is 29.2 Å². The number of halogens is 6. The standard InChI is InChI=1S/C24H25F3N6O3.C22H25F3N2O2/c1-16-4-2-3-5-19(16)31-10-11-32(20(14-31)23(28)35)22(34)12-17-6-7-18(33-9-8-29-30-33)13-21(17)36-15-24(25,26)27;1-16-6-5-7-17(2)21(16)27-12-10-26(11-13-27)20(28)14-18-8-3-4-9-19(18)29-15-22(23,24)25/h2-9,13,20H,10-12,14-15H2,1H3,(H2,28,35);3-9H,10-15H2,1-2H3. The normalized spacial score (nSPS) is 15.6. The minimum absolute atomic E-state index is 0.0252. The molecule has 0 aliphatic carbocycles. The number of piperazine rings is 2. The Hall–Kier alpha value is -6.79. The molecule has 346 valence electrons. The van der Waals surface area contributed by atoms with Crippen LogP contribution in [0.2, 0.25) is 0 Å². The van der Waals surface area contributed by atoms with Crippen LogP contribution in [0.3, 0.4) is 0 Å². The molecule has 19 heteroatoms. The van der Waals surface area contributed by atoms with Crippen LogP contribution in [0.1, 0.15) is 27.8 Å². The number of nitrogens with two attached hydrogens (primary N) is 1. The summed E-state index contributed by atoms with van der Waals surface area (Å²) >= 11 is 0. The molecule has 2 N–H and O–H groups in total. The highest BCUT2D eigenvalue weighted by Gasteiger charge is 2.36. The van der Waals surface area contributed by atoms with E-state index in [0.717, 1.165) is 24.3 Å². The Morgan fingerprint density at radius 3 is 1.89 bits per heavy atom. The average molecular weight is 909 g/mol. The maximum Gasteiger partial charge on any atom is 0.422 e. The third kappa shape index (κ3) is 12.9. The molecule has 0 radical (unpaired) electrons. The van der Waals surface area contributed by atoms with Crippen LogP contribution in [0.15, 0.2) is 97.3 Å². The second kappa shape index (κ2) is 20.8. The third-order valence-electron chi connectivity index (χ3n) is 11.0. The molecule has 2 saturated heterocycles. The van der Waals surface area contributed by atoms with E-state index < -0.39 is 43.4 Å². The maximum atomic E-state index is 13.3. The zero-order valence-electron chi connectivity index (χ0n) is 36.1. The van der Waals surface area contributed by atoms with E-state index in [9.17, 15) is 40.7 Å². The van der Waals surface area contributed by atoms with Crippen molar-refractivity contribution < 1.29 is 50.2 Å². The predicted molar refractivity (Wildman–Crippen MR) is 231 cm³/mol. The molecule has 4 aromatic carbocycles. The first-order valence-electron chi connectivity index (χ1n) is 20.8. The second-order valence-electron chi connectivity index (χ2n) is 15.8. The van der Waals surface area contributed by atoms with Crippen LogP contribution in [0.4, 0.5) is 37.7 Å². The zero-order valence-corrected chi connectivity index (χ0v) is 36.1. The van der Waals surface area contributed by atoms with Crippen LogP contribution in [0.25, 0.3) is 5.69 Å². The number of hydrogen-bond donors (Lipinski definition) is 1. The maximum absolute atomic E-state index is 13.3. The van der Waals surface area contributed by atoms with Gasteiger partial charge in [0.25, 0.3) is 0 Å². The number of carbonyl (C=O) groups is 3. The molecule has 0 spiro atoms. The number of alkyl halides is 6. The Balaban J connectivity index is 0.000000221. The topological polar surface area (TPSA) is 139 Å². The lowest BCUT2D eigenvalue weighted by Gasteiger charge is -2.41. The second-order valence-corrected chi connectivity index (χ2v) is 15.8. The van der Waals surface area contributed by atoms with Crippen LogP contribution in [-0.2, 0) is 27.2 Å². The minimum atomic E-state index is -4.56. The van der Waals surface area contributed by atoms with Gasteiger partial charge in [0.2, 0.25) is 17.7 Å². The lowest BCUT2D eigenvalue weighted by atomic mass is 10.0. The van der Waals surface area contributed by atoms with Gasteiger partial charge in [0, 0.05) is 74.4 Å². The van der Waals surface area contributed by atoms with Crippen molar-refractivity contribution in [3.8, 4) is 17.2 Å². The summed E-state index contributed by atoms with van der Waals surface area (Å²) in [5.74, 6) is -1.20. The van der Waals surface area contributed by atoms with E-state index in [0.29, 0.717) is 30.9 Å². The number of aryl methyl sites for hydroxylation is 3. The van der Waals surface area contributed by atoms with Crippen molar-refractivity contribution in [2.24, 2.45) is 5.73 Å². The molecule has 3 amide bonds. The van der Waals surface area contributed by atoms with Gasteiger partial charge >= 0.3 is 12.4 Å². The molecule has 2 aliphatic rings. The van der Waals surface area contributed by atoms with Gasteiger partial charge < -0.3 is 34.8 Å². The Morgan fingerprint density at radius 1 is 0.677 bits per heavy atom. The highest BCUT2D eigenvalue weighted by atomic mass is 19.4. The Bertz CT molecular complexity index is 2400. The van der Waals surface area contributed by atoms with Crippen molar-refractivity contribution in [2.75, 3.05) is 68.8 Å². The van der Waals surface area contributed by atoms with E-state index in [-0.39, 0.29) is 48.9 Å². The van der Waals surface area contributed by atoms with Gasteiger partial charge in [-0.05, 0) is 55.7 Å². The molecule has 2 fully saturated rings. The summed E-state index contributed by atoms with van der Waals surface area (Å²) in [7, 11) is 0. The highest BCUT2D eigenvalue weighted by Crippen LogP contribution is 2.30. The van der Waals surface area contributed by atoms with E-state index in [1.807, 2.05) is 42.2 Å². The highest BCUT2D eigenvalue weighted by molar-refractivity contribution is 5.89. The number of benzene rings is 4. The quantitative estimate of drug-likeness (QED) is 0.141. The number of rotatable bonds is 12. The fourth-order valence-corrected chi connectivity index (χ4v) is 7.91. The summed E-state index contributed by atoms with van der Waals surface area (Å²) in [6.45, 7) is 6.77. The van der Waals surface area contributed by atoms with Gasteiger partial charge in [-0.3, -0.25) is 14.4 Å². The number of aromatic nitrogens is 3. The van der Waals surface area contributed by atoms with Gasteiger partial charge in [0.05, 0.1) is 30.9 Å². The summed E-state index contributed by atoms with van der Waals surface area (Å²) < 4.78 is 87.2. The minimum Gasteiger partial charge on any atom is -0.484 e. The lowest BCUT2D eigenvalue weighted by molar-refractivity contribution is -0.154. The molecule has 1 unspecified atom stereocenters. The van der Waals surface area contributed by atoms with E-state index in [2.05, 4.69) is 41.2 Å². The van der Waals surface area contributed by atoms with Gasteiger partial charge in [0.15, 0.2) is 13.2 Å². The van der Waals surface area contributed by atoms with Crippen molar-refractivity contribution in [1.29, 1.82) is 0 Å². The molecule has 65 heavy (non-hydrogen) atoms. The molecular weight excluding hydrogens is 859 g/mol. The monoisotopic (exact) mass is 908 g/mol. The summed E-state index contributed by atoms with van der Waals surface area (Å²) in [6, 6.07) is 23.9. The largest absolute Gasteiger partial charge is 0.484 e. The first-order valence-corrected chi connectivity index (χ1v) is 20.8. The molecule has 13 nitrogen and oxygen atoms in total. The number of primary amides is 1. The summed E-state index contributed by atoms with van der Waals surface area (Å²) in [5.41, 5.74) is 12.4. The molecule has 7 rings (SSSR count). The van der Waals surface area contributed by atoms with Crippen molar-refractivity contribution in [1.82, 2.24) is 24.8 Å². The first-order chi connectivity index (χ1) is 30.9. The summed E-state index contributed by atoms with van der Waals surface area (Å²) in [4.78, 5) is 45.7. The Kier molecular flexibility index (Phi) is 15.3.